The number of aryl methyl sites for hydroxylation is 4. The number of aromatic nitrogens is 3. The van der Waals surface area contributed by atoms with Crippen LogP contribution in [0.5, 0.6) is 0 Å². The maximum atomic E-state index is 5.56. The largest absolute Gasteiger partial charge is 0.324 e. The molecule has 0 aliphatic heterocycles. The third-order valence-electron chi connectivity index (χ3n) is 3.07. The van der Waals surface area contributed by atoms with Crippen molar-refractivity contribution in [3.8, 4) is 11.4 Å². The van der Waals surface area contributed by atoms with Gasteiger partial charge in [-0.15, -0.1) is 0 Å². The molecule has 1 heterocycles. The fraction of sp³-hybridized carbons (Fsp3) is 0.385. The van der Waals surface area contributed by atoms with Crippen molar-refractivity contribution in [3.63, 3.8) is 0 Å². The normalized spacial score (nSPS) is 10.9. The molecule has 0 saturated heterocycles. The van der Waals surface area contributed by atoms with Crippen LogP contribution >= 0.6 is 0 Å². The number of nitrogens with two attached hydrogens (primary N) is 1. The van der Waals surface area contributed by atoms with Crippen LogP contribution in [0.15, 0.2) is 12.1 Å². The predicted octanol–water partition coefficient (Wildman–Crippen LogP) is 1.87. The molecular formula is C13H18N4. The van der Waals surface area contributed by atoms with Crippen LogP contribution < -0.4 is 5.73 Å². The second kappa shape index (κ2) is 4.30. The molecular weight excluding hydrogens is 212 g/mol. The van der Waals surface area contributed by atoms with Crippen LogP contribution in [0.2, 0.25) is 0 Å². The van der Waals surface area contributed by atoms with Gasteiger partial charge in [0.2, 0.25) is 0 Å². The monoisotopic (exact) mass is 230 g/mol. The van der Waals surface area contributed by atoms with Crippen LogP contribution in [0, 0.1) is 20.8 Å². The first kappa shape index (κ1) is 11.8. The number of benzene rings is 1. The van der Waals surface area contributed by atoms with Gasteiger partial charge in [-0.05, 0) is 43.5 Å². The summed E-state index contributed by atoms with van der Waals surface area (Å²) in [5, 5.41) is 4.28. The van der Waals surface area contributed by atoms with E-state index in [0.717, 1.165) is 11.4 Å². The first-order chi connectivity index (χ1) is 8.02. The smallest absolute Gasteiger partial charge is 0.164 e. The fourth-order valence-electron chi connectivity index (χ4n) is 1.96. The molecule has 2 aromatic rings. The van der Waals surface area contributed by atoms with Gasteiger partial charge in [0.25, 0.3) is 0 Å². The molecule has 0 unspecified atom stereocenters. The molecule has 0 bridgehead atoms. The molecule has 90 valence electrons. The van der Waals surface area contributed by atoms with E-state index in [0.29, 0.717) is 12.4 Å². The van der Waals surface area contributed by atoms with Gasteiger partial charge in [-0.3, -0.25) is 0 Å². The Morgan fingerprint density at radius 3 is 2.35 bits per heavy atom. The lowest BCUT2D eigenvalue weighted by Gasteiger charge is -2.08. The molecule has 0 radical (unpaired) electrons. The lowest BCUT2D eigenvalue weighted by Crippen LogP contribution is -1.99. The Balaban J connectivity index is 2.59. The van der Waals surface area contributed by atoms with Crippen molar-refractivity contribution < 1.29 is 0 Å². The Labute approximate surface area is 101 Å². The van der Waals surface area contributed by atoms with E-state index in [1.165, 1.54) is 16.7 Å². The van der Waals surface area contributed by atoms with Gasteiger partial charge >= 0.3 is 0 Å². The van der Waals surface area contributed by atoms with Gasteiger partial charge < -0.3 is 5.73 Å². The van der Waals surface area contributed by atoms with Crippen molar-refractivity contribution in [2.75, 3.05) is 0 Å². The van der Waals surface area contributed by atoms with Crippen molar-refractivity contribution >= 4 is 0 Å². The Kier molecular flexibility index (Phi) is 2.98. The average molecular weight is 230 g/mol. The molecule has 0 saturated carbocycles. The van der Waals surface area contributed by atoms with E-state index in [-0.39, 0.29) is 0 Å². The van der Waals surface area contributed by atoms with E-state index in [1.54, 1.807) is 4.68 Å². The highest BCUT2D eigenvalue weighted by molar-refractivity contribution is 5.62. The Morgan fingerprint density at radius 1 is 1.12 bits per heavy atom. The maximum Gasteiger partial charge on any atom is 0.164 e. The Morgan fingerprint density at radius 2 is 1.76 bits per heavy atom. The average Bonchev–Trinajstić information content (AvgIpc) is 2.65. The summed E-state index contributed by atoms with van der Waals surface area (Å²) in [4.78, 5) is 4.46. The summed E-state index contributed by atoms with van der Waals surface area (Å²) >= 11 is 0. The quantitative estimate of drug-likeness (QED) is 0.856. The molecule has 0 fully saturated rings. The van der Waals surface area contributed by atoms with Gasteiger partial charge in [-0.25, -0.2) is 9.67 Å². The molecule has 0 aliphatic rings. The minimum absolute atomic E-state index is 0.373. The highest BCUT2D eigenvalue weighted by Gasteiger charge is 2.11. The van der Waals surface area contributed by atoms with Gasteiger partial charge in [0.15, 0.2) is 11.6 Å². The zero-order valence-electron chi connectivity index (χ0n) is 10.8. The highest BCUT2D eigenvalue weighted by Crippen LogP contribution is 2.24. The Hall–Kier alpha value is -1.68. The molecule has 1 aromatic carbocycles. The lowest BCUT2D eigenvalue weighted by molar-refractivity contribution is 0.748. The molecule has 2 N–H and O–H groups in total. The minimum Gasteiger partial charge on any atom is -0.324 e. The molecule has 0 aliphatic carbocycles. The molecule has 1 aromatic heterocycles. The van der Waals surface area contributed by atoms with Crippen LogP contribution in [0.1, 0.15) is 22.5 Å². The van der Waals surface area contributed by atoms with E-state index >= 15 is 0 Å². The minimum atomic E-state index is 0.373. The second-order valence-electron chi connectivity index (χ2n) is 4.43. The van der Waals surface area contributed by atoms with Crippen LogP contribution in [0.3, 0.4) is 0 Å². The van der Waals surface area contributed by atoms with Gasteiger partial charge in [0, 0.05) is 12.6 Å². The first-order valence-electron chi connectivity index (χ1n) is 5.71. The predicted molar refractivity (Wildman–Crippen MR) is 68.5 cm³/mol. The first-order valence-corrected chi connectivity index (χ1v) is 5.71. The lowest BCUT2D eigenvalue weighted by atomic mass is 10.0. The van der Waals surface area contributed by atoms with Gasteiger partial charge in [0.05, 0.1) is 6.54 Å². The third-order valence-corrected chi connectivity index (χ3v) is 3.07. The summed E-state index contributed by atoms with van der Waals surface area (Å²) in [7, 11) is 1.90. The maximum absolute atomic E-state index is 5.56. The van der Waals surface area contributed by atoms with Crippen molar-refractivity contribution in [3.05, 3.63) is 34.6 Å². The Bertz CT molecular complexity index is 555. The molecule has 2 rings (SSSR count). The van der Waals surface area contributed by atoms with Gasteiger partial charge in [0.1, 0.15) is 0 Å². The van der Waals surface area contributed by atoms with E-state index in [2.05, 4.69) is 43.0 Å². The molecule has 0 amide bonds. The highest BCUT2D eigenvalue weighted by atomic mass is 15.3. The van der Waals surface area contributed by atoms with Crippen LogP contribution in [-0.2, 0) is 13.6 Å². The number of hydrogen-bond acceptors (Lipinski definition) is 3. The van der Waals surface area contributed by atoms with E-state index < -0.39 is 0 Å². The van der Waals surface area contributed by atoms with E-state index in [4.69, 9.17) is 5.73 Å². The third kappa shape index (κ3) is 2.08. The summed E-state index contributed by atoms with van der Waals surface area (Å²) in [6.45, 7) is 6.70. The fourth-order valence-corrected chi connectivity index (χ4v) is 1.96. The van der Waals surface area contributed by atoms with Crippen molar-refractivity contribution in [1.82, 2.24) is 14.8 Å². The van der Waals surface area contributed by atoms with Crippen molar-refractivity contribution in [1.29, 1.82) is 0 Å². The SMILES string of the molecule is Cc1cc(C)c(-c2nc(CN)nn2C)cc1C. The summed E-state index contributed by atoms with van der Waals surface area (Å²) in [6.07, 6.45) is 0. The molecule has 4 heteroatoms. The molecule has 17 heavy (non-hydrogen) atoms. The molecule has 4 nitrogen and oxygen atoms in total. The summed E-state index contributed by atoms with van der Waals surface area (Å²) < 4.78 is 1.79. The zero-order chi connectivity index (χ0) is 12.6. The standard InChI is InChI=1S/C13H18N4/c1-8-5-10(3)11(6-9(8)2)13-15-12(7-14)16-17(13)4/h5-6H,7,14H2,1-4H3. The van der Waals surface area contributed by atoms with E-state index in [1.807, 2.05) is 7.05 Å². The molecule has 0 spiro atoms. The second-order valence-corrected chi connectivity index (χ2v) is 4.43. The number of rotatable bonds is 2. The summed E-state index contributed by atoms with van der Waals surface area (Å²) in [6, 6.07) is 4.34. The molecule has 0 atom stereocenters. The van der Waals surface area contributed by atoms with Gasteiger partial charge in [-0.2, -0.15) is 5.10 Å². The van der Waals surface area contributed by atoms with Gasteiger partial charge in [-0.1, -0.05) is 6.07 Å². The number of hydrogen-bond donors (Lipinski definition) is 1. The van der Waals surface area contributed by atoms with Crippen LogP contribution in [-0.4, -0.2) is 14.8 Å². The van der Waals surface area contributed by atoms with Crippen molar-refractivity contribution in [2.24, 2.45) is 12.8 Å². The summed E-state index contributed by atoms with van der Waals surface area (Å²) in [5.74, 6) is 1.56. The van der Waals surface area contributed by atoms with Crippen molar-refractivity contribution in [2.45, 2.75) is 27.3 Å². The zero-order valence-corrected chi connectivity index (χ0v) is 10.8. The summed E-state index contributed by atoms with van der Waals surface area (Å²) in [5.41, 5.74) is 10.5. The topological polar surface area (TPSA) is 56.7 Å². The van der Waals surface area contributed by atoms with E-state index in [9.17, 15) is 0 Å². The van der Waals surface area contributed by atoms with Crippen LogP contribution in [0.4, 0.5) is 0 Å². The van der Waals surface area contributed by atoms with Crippen LogP contribution in [0.25, 0.3) is 11.4 Å². The number of nitrogens with zero attached hydrogens (tertiary/aromatic N) is 3.